The van der Waals surface area contributed by atoms with Crippen LogP contribution in [-0.4, -0.2) is 42.9 Å². The maximum atomic E-state index is 12.6. The second-order valence-corrected chi connectivity index (χ2v) is 7.44. The van der Waals surface area contributed by atoms with Crippen molar-refractivity contribution in [3.63, 3.8) is 0 Å². The number of piperidine rings is 1. The van der Waals surface area contributed by atoms with Crippen molar-refractivity contribution in [2.75, 3.05) is 18.4 Å². The second-order valence-electron chi connectivity index (χ2n) is 5.50. The molecule has 0 bridgehead atoms. The summed E-state index contributed by atoms with van der Waals surface area (Å²) >= 11 is 0. The summed E-state index contributed by atoms with van der Waals surface area (Å²) in [5, 5.41) is 12.2. The van der Waals surface area contributed by atoms with Gasteiger partial charge in [-0.05, 0) is 43.0 Å². The number of aliphatic hydroxyl groups excluding tert-OH is 1. The molecule has 6 nitrogen and oxygen atoms in total. The standard InChI is InChI=1S/C14H18N2O4S/c17-11-5-7-16(8-6-11)21(19,20)12-2-3-13-10(9-12)1-4-14(18)15-13/h2-3,9,11,17H,1,4-8H2,(H,15,18). The van der Waals surface area contributed by atoms with Gasteiger partial charge in [-0.25, -0.2) is 8.42 Å². The minimum Gasteiger partial charge on any atom is -0.393 e. The molecule has 1 aromatic rings. The number of sulfonamides is 1. The number of aliphatic hydroxyl groups is 1. The fourth-order valence-corrected chi connectivity index (χ4v) is 4.27. The number of nitrogens with zero attached hydrogens (tertiary/aromatic N) is 1. The van der Waals surface area contributed by atoms with E-state index >= 15 is 0 Å². The topological polar surface area (TPSA) is 86.7 Å². The van der Waals surface area contributed by atoms with E-state index in [2.05, 4.69) is 5.32 Å². The van der Waals surface area contributed by atoms with E-state index in [-0.39, 0.29) is 10.8 Å². The molecule has 3 rings (SSSR count). The molecule has 114 valence electrons. The average molecular weight is 310 g/mol. The molecule has 0 saturated carbocycles. The fraction of sp³-hybridized carbons (Fsp3) is 0.500. The molecule has 1 amide bonds. The predicted octanol–water partition coefficient (Wildman–Crippen LogP) is 0.717. The summed E-state index contributed by atoms with van der Waals surface area (Å²) in [7, 11) is -3.52. The predicted molar refractivity (Wildman–Crippen MR) is 77.4 cm³/mol. The smallest absolute Gasteiger partial charge is 0.243 e. The van der Waals surface area contributed by atoms with Crippen LogP contribution in [0.3, 0.4) is 0 Å². The van der Waals surface area contributed by atoms with Crippen molar-refractivity contribution in [1.82, 2.24) is 4.31 Å². The lowest BCUT2D eigenvalue weighted by atomic mass is 10.0. The first-order valence-electron chi connectivity index (χ1n) is 7.08. The number of carbonyl (C=O) groups excluding carboxylic acids is 1. The Hall–Kier alpha value is -1.44. The highest BCUT2D eigenvalue weighted by Gasteiger charge is 2.29. The molecule has 0 atom stereocenters. The van der Waals surface area contributed by atoms with Crippen LogP contribution in [-0.2, 0) is 21.2 Å². The lowest BCUT2D eigenvalue weighted by Crippen LogP contribution is -2.40. The monoisotopic (exact) mass is 310 g/mol. The zero-order chi connectivity index (χ0) is 15.0. The Balaban J connectivity index is 1.88. The van der Waals surface area contributed by atoms with Gasteiger partial charge in [0.05, 0.1) is 11.0 Å². The highest BCUT2D eigenvalue weighted by Crippen LogP contribution is 2.28. The van der Waals surface area contributed by atoms with Gasteiger partial charge in [-0.2, -0.15) is 4.31 Å². The minimum atomic E-state index is -3.52. The molecule has 2 aliphatic heterocycles. The summed E-state index contributed by atoms with van der Waals surface area (Å²) in [6.07, 6.45) is 1.48. The second kappa shape index (κ2) is 5.40. The van der Waals surface area contributed by atoms with Gasteiger partial charge in [0.15, 0.2) is 0 Å². The molecule has 2 N–H and O–H groups in total. The molecular formula is C14H18N2O4S. The number of hydrogen-bond donors (Lipinski definition) is 2. The quantitative estimate of drug-likeness (QED) is 0.842. The van der Waals surface area contributed by atoms with E-state index in [9.17, 15) is 18.3 Å². The Morgan fingerprint density at radius 3 is 2.62 bits per heavy atom. The number of nitrogens with one attached hydrogen (secondary N) is 1. The van der Waals surface area contributed by atoms with Gasteiger partial charge in [0.25, 0.3) is 0 Å². The van der Waals surface area contributed by atoms with Gasteiger partial charge in [0.2, 0.25) is 15.9 Å². The van der Waals surface area contributed by atoms with Gasteiger partial charge >= 0.3 is 0 Å². The van der Waals surface area contributed by atoms with E-state index in [1.807, 2.05) is 0 Å². The Morgan fingerprint density at radius 2 is 1.90 bits per heavy atom. The highest BCUT2D eigenvalue weighted by molar-refractivity contribution is 7.89. The van der Waals surface area contributed by atoms with Crippen molar-refractivity contribution >= 4 is 21.6 Å². The van der Waals surface area contributed by atoms with Crippen LogP contribution < -0.4 is 5.32 Å². The van der Waals surface area contributed by atoms with Crippen LogP contribution in [0.4, 0.5) is 5.69 Å². The van der Waals surface area contributed by atoms with E-state index in [1.54, 1.807) is 12.1 Å². The maximum absolute atomic E-state index is 12.6. The zero-order valence-corrected chi connectivity index (χ0v) is 12.4. The van der Waals surface area contributed by atoms with Crippen LogP contribution >= 0.6 is 0 Å². The van der Waals surface area contributed by atoms with Crippen LogP contribution in [0.15, 0.2) is 23.1 Å². The van der Waals surface area contributed by atoms with Gasteiger partial charge in [-0.1, -0.05) is 0 Å². The maximum Gasteiger partial charge on any atom is 0.243 e. The molecule has 1 saturated heterocycles. The van der Waals surface area contributed by atoms with Gasteiger partial charge in [0.1, 0.15) is 0 Å². The summed E-state index contributed by atoms with van der Waals surface area (Å²) in [5.74, 6) is -0.0388. The van der Waals surface area contributed by atoms with Gasteiger partial charge in [-0.15, -0.1) is 0 Å². The van der Waals surface area contributed by atoms with E-state index < -0.39 is 16.1 Å². The Labute approximate surface area is 123 Å². The molecule has 0 spiro atoms. The summed E-state index contributed by atoms with van der Waals surface area (Å²) < 4.78 is 26.6. The molecule has 7 heteroatoms. The number of amides is 1. The first kappa shape index (κ1) is 14.5. The van der Waals surface area contributed by atoms with E-state index in [0.717, 1.165) is 5.56 Å². The summed E-state index contributed by atoms with van der Waals surface area (Å²) in [6.45, 7) is 0.689. The van der Waals surface area contributed by atoms with Crippen molar-refractivity contribution in [2.24, 2.45) is 0 Å². The van der Waals surface area contributed by atoms with Crippen molar-refractivity contribution in [3.05, 3.63) is 23.8 Å². The largest absolute Gasteiger partial charge is 0.393 e. The van der Waals surface area contributed by atoms with Crippen LogP contribution in [0.2, 0.25) is 0 Å². The van der Waals surface area contributed by atoms with E-state index in [4.69, 9.17) is 0 Å². The highest BCUT2D eigenvalue weighted by atomic mass is 32.2. The van der Waals surface area contributed by atoms with Crippen molar-refractivity contribution in [2.45, 2.75) is 36.7 Å². The van der Waals surface area contributed by atoms with Crippen LogP contribution in [0, 0.1) is 0 Å². The van der Waals surface area contributed by atoms with Crippen LogP contribution in [0.1, 0.15) is 24.8 Å². The molecule has 2 aliphatic rings. The van der Waals surface area contributed by atoms with Gasteiger partial charge in [0, 0.05) is 25.2 Å². The Morgan fingerprint density at radius 1 is 1.19 bits per heavy atom. The molecule has 0 unspecified atom stereocenters. The number of carbonyl (C=O) groups is 1. The molecular weight excluding hydrogens is 292 g/mol. The number of benzene rings is 1. The third kappa shape index (κ3) is 2.81. The number of aryl methyl sites for hydroxylation is 1. The van der Waals surface area contributed by atoms with Crippen molar-refractivity contribution in [1.29, 1.82) is 0 Å². The fourth-order valence-electron chi connectivity index (χ4n) is 2.75. The summed E-state index contributed by atoms with van der Waals surface area (Å²) in [5.41, 5.74) is 1.55. The molecule has 0 radical (unpaired) electrons. The summed E-state index contributed by atoms with van der Waals surface area (Å²) in [4.78, 5) is 11.6. The third-order valence-corrected chi connectivity index (χ3v) is 5.93. The summed E-state index contributed by atoms with van der Waals surface area (Å²) in [6, 6.07) is 4.83. The van der Waals surface area contributed by atoms with E-state index in [1.165, 1.54) is 10.4 Å². The Bertz CT molecular complexity index is 664. The minimum absolute atomic E-state index is 0.0388. The SMILES string of the molecule is O=C1CCc2cc(S(=O)(=O)N3CCC(O)CC3)ccc2N1. The molecule has 0 aliphatic carbocycles. The molecule has 21 heavy (non-hydrogen) atoms. The normalized spacial score (nSPS) is 20.9. The lowest BCUT2D eigenvalue weighted by Gasteiger charge is -2.29. The van der Waals surface area contributed by atoms with E-state index in [0.29, 0.717) is 44.5 Å². The third-order valence-electron chi connectivity index (χ3n) is 4.03. The van der Waals surface area contributed by atoms with Gasteiger partial charge in [-0.3, -0.25) is 4.79 Å². The van der Waals surface area contributed by atoms with Crippen molar-refractivity contribution < 1.29 is 18.3 Å². The number of fused-ring (bicyclic) bond motifs is 1. The first-order valence-corrected chi connectivity index (χ1v) is 8.52. The zero-order valence-electron chi connectivity index (χ0n) is 11.6. The molecule has 0 aromatic heterocycles. The van der Waals surface area contributed by atoms with Crippen molar-refractivity contribution in [3.8, 4) is 0 Å². The molecule has 1 fully saturated rings. The number of anilines is 1. The number of hydrogen-bond acceptors (Lipinski definition) is 4. The lowest BCUT2D eigenvalue weighted by molar-refractivity contribution is -0.116. The molecule has 1 aromatic carbocycles. The van der Waals surface area contributed by atoms with Crippen LogP contribution in [0.25, 0.3) is 0 Å². The Kier molecular flexibility index (Phi) is 3.73. The average Bonchev–Trinajstić information content (AvgIpc) is 2.47. The van der Waals surface area contributed by atoms with Gasteiger partial charge < -0.3 is 10.4 Å². The first-order chi connectivity index (χ1) is 9.96. The van der Waals surface area contributed by atoms with Crippen LogP contribution in [0.5, 0.6) is 0 Å². The molecule has 2 heterocycles. The number of rotatable bonds is 2.